The number of aromatic nitrogens is 1. The van der Waals surface area contributed by atoms with Gasteiger partial charge < -0.3 is 5.32 Å². The molecule has 1 saturated heterocycles. The van der Waals surface area contributed by atoms with Crippen LogP contribution in [0.15, 0.2) is 36.4 Å². The first kappa shape index (κ1) is 11.6. The quantitative estimate of drug-likeness (QED) is 0.872. The molecule has 0 atom stereocenters. The van der Waals surface area contributed by atoms with Crippen molar-refractivity contribution in [3.05, 3.63) is 42.1 Å². The van der Waals surface area contributed by atoms with Crippen LogP contribution in [0.25, 0.3) is 10.9 Å². The predicted octanol–water partition coefficient (Wildman–Crippen LogP) is 2.03. The minimum Gasteiger partial charge on any atom is -0.315 e. The Labute approximate surface area is 108 Å². The van der Waals surface area contributed by atoms with E-state index >= 15 is 0 Å². The van der Waals surface area contributed by atoms with Crippen LogP contribution in [0.5, 0.6) is 0 Å². The fourth-order valence-corrected chi connectivity index (χ4v) is 2.49. The molecule has 0 unspecified atom stereocenters. The van der Waals surface area contributed by atoms with Gasteiger partial charge in [0.05, 0.1) is 11.2 Å². The molecule has 2 heterocycles. The summed E-state index contributed by atoms with van der Waals surface area (Å²) in [6.07, 6.45) is 1.23. The van der Waals surface area contributed by atoms with Crippen molar-refractivity contribution >= 4 is 10.9 Å². The summed E-state index contributed by atoms with van der Waals surface area (Å²) >= 11 is 0. The standard InChI is InChI=1S/C15H19N3/c1-2-5-15-13(4-1)6-7-14(17-15)12-18-10-3-8-16-9-11-18/h1-2,4-7,16H,3,8-12H2. The van der Waals surface area contributed by atoms with Crippen molar-refractivity contribution in [2.24, 2.45) is 0 Å². The molecule has 3 rings (SSSR count). The van der Waals surface area contributed by atoms with E-state index in [-0.39, 0.29) is 0 Å². The first-order valence-electron chi connectivity index (χ1n) is 6.69. The number of pyridine rings is 1. The summed E-state index contributed by atoms with van der Waals surface area (Å²) in [5, 5.41) is 4.65. The molecular weight excluding hydrogens is 222 g/mol. The predicted molar refractivity (Wildman–Crippen MR) is 74.5 cm³/mol. The van der Waals surface area contributed by atoms with E-state index in [2.05, 4.69) is 46.6 Å². The van der Waals surface area contributed by atoms with Crippen molar-refractivity contribution in [3.63, 3.8) is 0 Å². The Kier molecular flexibility index (Phi) is 3.53. The van der Waals surface area contributed by atoms with Gasteiger partial charge in [-0.3, -0.25) is 9.88 Å². The lowest BCUT2D eigenvalue weighted by Gasteiger charge is -2.18. The maximum absolute atomic E-state index is 4.74. The fraction of sp³-hybridized carbons (Fsp3) is 0.400. The molecule has 3 heteroatoms. The number of para-hydroxylation sites is 1. The lowest BCUT2D eigenvalue weighted by Crippen LogP contribution is -2.27. The second kappa shape index (κ2) is 5.46. The Balaban J connectivity index is 1.77. The van der Waals surface area contributed by atoms with E-state index in [0.29, 0.717) is 0 Å². The van der Waals surface area contributed by atoms with Gasteiger partial charge in [0.2, 0.25) is 0 Å². The van der Waals surface area contributed by atoms with Gasteiger partial charge in [-0.2, -0.15) is 0 Å². The highest BCUT2D eigenvalue weighted by molar-refractivity contribution is 5.78. The molecule has 0 spiro atoms. The Morgan fingerprint density at radius 1 is 1.06 bits per heavy atom. The van der Waals surface area contributed by atoms with E-state index in [1.54, 1.807) is 0 Å². The smallest absolute Gasteiger partial charge is 0.0705 e. The molecule has 1 fully saturated rings. The van der Waals surface area contributed by atoms with Crippen molar-refractivity contribution in [1.29, 1.82) is 0 Å². The Morgan fingerprint density at radius 3 is 3.00 bits per heavy atom. The molecule has 18 heavy (non-hydrogen) atoms. The molecule has 94 valence electrons. The molecule has 0 amide bonds. The van der Waals surface area contributed by atoms with Gasteiger partial charge >= 0.3 is 0 Å². The van der Waals surface area contributed by atoms with Crippen LogP contribution in [-0.2, 0) is 6.54 Å². The largest absolute Gasteiger partial charge is 0.315 e. The highest BCUT2D eigenvalue weighted by Gasteiger charge is 2.09. The molecule has 1 aromatic heterocycles. The molecule has 3 nitrogen and oxygen atoms in total. The van der Waals surface area contributed by atoms with Gasteiger partial charge in [-0.1, -0.05) is 24.3 Å². The first-order chi connectivity index (χ1) is 8.92. The topological polar surface area (TPSA) is 28.2 Å². The van der Waals surface area contributed by atoms with E-state index in [4.69, 9.17) is 4.98 Å². The third kappa shape index (κ3) is 2.68. The molecule has 2 aromatic rings. The molecule has 1 N–H and O–H groups in total. The molecule has 1 aliphatic rings. The third-order valence-corrected chi connectivity index (χ3v) is 3.47. The lowest BCUT2D eigenvalue weighted by atomic mass is 10.2. The second-order valence-corrected chi connectivity index (χ2v) is 4.87. The molecule has 0 saturated carbocycles. The number of nitrogens with one attached hydrogen (secondary N) is 1. The fourth-order valence-electron chi connectivity index (χ4n) is 2.49. The first-order valence-corrected chi connectivity index (χ1v) is 6.69. The summed E-state index contributed by atoms with van der Waals surface area (Å²) in [5.41, 5.74) is 2.28. The maximum Gasteiger partial charge on any atom is 0.0705 e. The lowest BCUT2D eigenvalue weighted by molar-refractivity contribution is 0.281. The Morgan fingerprint density at radius 2 is 2.00 bits per heavy atom. The summed E-state index contributed by atoms with van der Waals surface area (Å²) in [6, 6.07) is 12.6. The summed E-state index contributed by atoms with van der Waals surface area (Å²) < 4.78 is 0. The van der Waals surface area contributed by atoms with Crippen LogP contribution in [0.2, 0.25) is 0 Å². The second-order valence-electron chi connectivity index (χ2n) is 4.87. The van der Waals surface area contributed by atoms with Crippen LogP contribution < -0.4 is 5.32 Å². The minimum atomic E-state index is 0.965. The molecular formula is C15H19N3. The summed E-state index contributed by atoms with van der Waals surface area (Å²) in [6.45, 7) is 5.48. The number of rotatable bonds is 2. The highest BCUT2D eigenvalue weighted by Crippen LogP contribution is 2.13. The number of hydrogen-bond acceptors (Lipinski definition) is 3. The van der Waals surface area contributed by atoms with Gasteiger partial charge in [0, 0.05) is 25.0 Å². The summed E-state index contributed by atoms with van der Waals surface area (Å²) in [7, 11) is 0. The normalized spacial score (nSPS) is 17.8. The minimum absolute atomic E-state index is 0.965. The molecule has 0 bridgehead atoms. The SMILES string of the molecule is c1ccc2nc(CN3CCCNCC3)ccc2c1. The van der Waals surface area contributed by atoms with Gasteiger partial charge in [0.25, 0.3) is 0 Å². The monoisotopic (exact) mass is 241 g/mol. The van der Waals surface area contributed by atoms with Crippen molar-refractivity contribution in [2.75, 3.05) is 26.2 Å². The van der Waals surface area contributed by atoms with Crippen molar-refractivity contribution in [1.82, 2.24) is 15.2 Å². The van der Waals surface area contributed by atoms with Crippen LogP contribution in [0.4, 0.5) is 0 Å². The van der Waals surface area contributed by atoms with E-state index in [1.165, 1.54) is 24.0 Å². The number of fused-ring (bicyclic) bond motifs is 1. The molecule has 1 aliphatic heterocycles. The number of hydrogen-bond donors (Lipinski definition) is 1. The van der Waals surface area contributed by atoms with Gasteiger partial charge in [0.1, 0.15) is 0 Å². The van der Waals surface area contributed by atoms with Crippen LogP contribution in [0.3, 0.4) is 0 Å². The van der Waals surface area contributed by atoms with Crippen molar-refractivity contribution < 1.29 is 0 Å². The average Bonchev–Trinajstić information content (AvgIpc) is 2.67. The number of nitrogens with zero attached hydrogens (tertiary/aromatic N) is 2. The zero-order chi connectivity index (χ0) is 12.2. The third-order valence-electron chi connectivity index (χ3n) is 3.47. The van der Waals surface area contributed by atoms with Gasteiger partial charge in [-0.25, -0.2) is 0 Å². The zero-order valence-electron chi connectivity index (χ0n) is 10.6. The number of benzene rings is 1. The average molecular weight is 241 g/mol. The van der Waals surface area contributed by atoms with Crippen LogP contribution >= 0.6 is 0 Å². The Bertz CT molecular complexity index is 516. The van der Waals surface area contributed by atoms with E-state index in [0.717, 1.165) is 31.7 Å². The van der Waals surface area contributed by atoms with Gasteiger partial charge in [0.15, 0.2) is 0 Å². The maximum atomic E-state index is 4.74. The molecule has 0 radical (unpaired) electrons. The van der Waals surface area contributed by atoms with Gasteiger partial charge in [-0.05, 0) is 31.6 Å². The van der Waals surface area contributed by atoms with E-state index in [1.807, 2.05) is 0 Å². The van der Waals surface area contributed by atoms with Gasteiger partial charge in [-0.15, -0.1) is 0 Å². The zero-order valence-corrected chi connectivity index (χ0v) is 10.6. The Hall–Kier alpha value is -1.45. The molecule has 0 aliphatic carbocycles. The van der Waals surface area contributed by atoms with Crippen LogP contribution in [0, 0.1) is 0 Å². The van der Waals surface area contributed by atoms with Crippen molar-refractivity contribution in [2.45, 2.75) is 13.0 Å². The van der Waals surface area contributed by atoms with Crippen LogP contribution in [0.1, 0.15) is 12.1 Å². The van der Waals surface area contributed by atoms with Crippen LogP contribution in [-0.4, -0.2) is 36.1 Å². The highest BCUT2D eigenvalue weighted by atomic mass is 15.2. The van der Waals surface area contributed by atoms with E-state index in [9.17, 15) is 0 Å². The summed E-state index contributed by atoms with van der Waals surface area (Å²) in [4.78, 5) is 7.22. The summed E-state index contributed by atoms with van der Waals surface area (Å²) in [5.74, 6) is 0. The van der Waals surface area contributed by atoms with E-state index < -0.39 is 0 Å². The molecule has 1 aromatic carbocycles. The van der Waals surface area contributed by atoms with Crippen molar-refractivity contribution in [3.8, 4) is 0 Å².